The molecule has 0 radical (unpaired) electrons. The molecule has 0 unspecified atom stereocenters. The summed E-state index contributed by atoms with van der Waals surface area (Å²) in [5, 5.41) is 7.68. The lowest BCUT2D eigenvalue weighted by molar-refractivity contribution is -0.130. The van der Waals surface area contributed by atoms with E-state index >= 15 is 0 Å². The fraction of sp³-hybridized carbons (Fsp3) is 0.389. The summed E-state index contributed by atoms with van der Waals surface area (Å²) in [5.41, 5.74) is 1.15. The number of ether oxygens (including phenoxy) is 1. The van der Waals surface area contributed by atoms with Gasteiger partial charge in [-0.2, -0.15) is 0 Å². The SMILES string of the molecule is COc1nn(C)cc1C(=O)NCC(=O)N1CCN(c2cccc(Cl)c2Cl)CC1. The van der Waals surface area contributed by atoms with Crippen molar-refractivity contribution >= 4 is 40.7 Å². The number of hydrogen-bond acceptors (Lipinski definition) is 5. The molecule has 10 heteroatoms. The molecule has 3 rings (SSSR count). The molecule has 1 fully saturated rings. The molecule has 2 heterocycles. The number of nitrogens with zero attached hydrogens (tertiary/aromatic N) is 4. The first kappa shape index (κ1) is 20.3. The Labute approximate surface area is 172 Å². The summed E-state index contributed by atoms with van der Waals surface area (Å²) in [5.74, 6) is -0.324. The van der Waals surface area contributed by atoms with Crippen molar-refractivity contribution in [3.8, 4) is 5.88 Å². The smallest absolute Gasteiger partial charge is 0.258 e. The van der Waals surface area contributed by atoms with Gasteiger partial charge in [0, 0.05) is 39.4 Å². The van der Waals surface area contributed by atoms with Crippen molar-refractivity contribution in [2.75, 3.05) is 44.7 Å². The summed E-state index contributed by atoms with van der Waals surface area (Å²) in [6.45, 7) is 2.25. The molecule has 0 saturated carbocycles. The van der Waals surface area contributed by atoms with Crippen LogP contribution in [0.1, 0.15) is 10.4 Å². The van der Waals surface area contributed by atoms with Gasteiger partial charge in [0.05, 0.1) is 29.4 Å². The number of anilines is 1. The van der Waals surface area contributed by atoms with Gasteiger partial charge in [-0.15, -0.1) is 5.10 Å². The number of amides is 2. The third-order valence-corrected chi connectivity index (χ3v) is 5.35. The second kappa shape index (κ2) is 8.70. The quantitative estimate of drug-likeness (QED) is 0.789. The summed E-state index contributed by atoms with van der Waals surface area (Å²) < 4.78 is 6.55. The van der Waals surface area contributed by atoms with E-state index in [0.717, 1.165) is 5.69 Å². The van der Waals surface area contributed by atoms with Gasteiger partial charge in [-0.1, -0.05) is 29.3 Å². The van der Waals surface area contributed by atoms with E-state index in [-0.39, 0.29) is 18.3 Å². The molecule has 1 saturated heterocycles. The molecule has 28 heavy (non-hydrogen) atoms. The highest BCUT2D eigenvalue weighted by Gasteiger charge is 2.24. The maximum absolute atomic E-state index is 12.5. The van der Waals surface area contributed by atoms with Crippen molar-refractivity contribution in [3.05, 3.63) is 40.0 Å². The maximum atomic E-state index is 12.5. The van der Waals surface area contributed by atoms with Crippen molar-refractivity contribution in [2.24, 2.45) is 7.05 Å². The first-order valence-electron chi connectivity index (χ1n) is 8.73. The van der Waals surface area contributed by atoms with Crippen LogP contribution in [0.5, 0.6) is 5.88 Å². The summed E-state index contributed by atoms with van der Waals surface area (Å²) in [7, 11) is 3.13. The van der Waals surface area contributed by atoms with Gasteiger partial charge >= 0.3 is 0 Å². The summed E-state index contributed by atoms with van der Waals surface area (Å²) in [6.07, 6.45) is 1.55. The largest absolute Gasteiger partial charge is 0.479 e. The van der Waals surface area contributed by atoms with E-state index < -0.39 is 5.91 Å². The van der Waals surface area contributed by atoms with Gasteiger partial charge in [0.2, 0.25) is 11.8 Å². The molecule has 1 aliphatic rings. The van der Waals surface area contributed by atoms with Crippen LogP contribution >= 0.6 is 23.2 Å². The lowest BCUT2D eigenvalue weighted by Crippen LogP contribution is -2.51. The Morgan fingerprint density at radius 3 is 2.61 bits per heavy atom. The molecule has 150 valence electrons. The molecular weight excluding hydrogens is 405 g/mol. The Bertz CT molecular complexity index is 878. The van der Waals surface area contributed by atoms with Gasteiger partial charge in [0.15, 0.2) is 0 Å². The normalized spacial score (nSPS) is 14.1. The number of aromatic nitrogens is 2. The summed E-state index contributed by atoms with van der Waals surface area (Å²) >= 11 is 12.4. The van der Waals surface area contributed by atoms with Gasteiger partial charge in [-0.05, 0) is 12.1 Å². The Morgan fingerprint density at radius 1 is 1.21 bits per heavy atom. The monoisotopic (exact) mass is 425 g/mol. The van der Waals surface area contributed by atoms with Crippen LogP contribution in [0.25, 0.3) is 0 Å². The minimum Gasteiger partial charge on any atom is -0.479 e. The molecular formula is C18H21Cl2N5O3. The molecule has 2 aromatic rings. The van der Waals surface area contributed by atoms with E-state index in [1.165, 1.54) is 11.8 Å². The van der Waals surface area contributed by atoms with Gasteiger partial charge < -0.3 is 19.9 Å². The predicted molar refractivity (Wildman–Crippen MR) is 107 cm³/mol. The molecule has 1 aromatic carbocycles. The number of carbonyl (C=O) groups is 2. The Hall–Kier alpha value is -2.45. The van der Waals surface area contributed by atoms with Crippen LogP contribution < -0.4 is 15.0 Å². The highest BCUT2D eigenvalue weighted by molar-refractivity contribution is 6.43. The van der Waals surface area contributed by atoms with Crippen LogP contribution in [-0.4, -0.2) is 66.3 Å². The number of halogens is 2. The second-order valence-corrected chi connectivity index (χ2v) is 7.13. The van der Waals surface area contributed by atoms with Gasteiger partial charge in [0.1, 0.15) is 5.56 Å². The number of hydrogen-bond donors (Lipinski definition) is 1. The Balaban J connectivity index is 1.52. The van der Waals surface area contributed by atoms with Crippen molar-refractivity contribution in [3.63, 3.8) is 0 Å². The van der Waals surface area contributed by atoms with Gasteiger partial charge in [0.25, 0.3) is 5.91 Å². The topological polar surface area (TPSA) is 79.7 Å². The highest BCUT2D eigenvalue weighted by Crippen LogP contribution is 2.32. The van der Waals surface area contributed by atoms with E-state index in [1.807, 2.05) is 12.1 Å². The highest BCUT2D eigenvalue weighted by atomic mass is 35.5. The van der Waals surface area contributed by atoms with Gasteiger partial charge in [-0.25, -0.2) is 0 Å². The number of nitrogens with one attached hydrogen (secondary N) is 1. The van der Waals surface area contributed by atoms with Crippen LogP contribution in [0.2, 0.25) is 10.0 Å². The fourth-order valence-electron chi connectivity index (χ4n) is 3.07. The van der Waals surface area contributed by atoms with Gasteiger partial charge in [-0.3, -0.25) is 14.3 Å². The number of aryl methyl sites for hydroxylation is 1. The maximum Gasteiger partial charge on any atom is 0.258 e. The summed E-state index contributed by atoms with van der Waals surface area (Å²) in [4.78, 5) is 28.5. The summed E-state index contributed by atoms with van der Waals surface area (Å²) in [6, 6.07) is 5.50. The minimum atomic E-state index is -0.400. The average molecular weight is 426 g/mol. The van der Waals surface area contributed by atoms with E-state index in [4.69, 9.17) is 27.9 Å². The zero-order chi connectivity index (χ0) is 20.3. The molecule has 2 amide bonds. The van der Waals surface area contributed by atoms with Crippen LogP contribution in [0.15, 0.2) is 24.4 Å². The average Bonchev–Trinajstić information content (AvgIpc) is 3.09. The lowest BCUT2D eigenvalue weighted by Gasteiger charge is -2.36. The van der Waals surface area contributed by atoms with E-state index in [0.29, 0.717) is 41.8 Å². The van der Waals surface area contributed by atoms with Crippen LogP contribution in [0, 0.1) is 0 Å². The number of rotatable bonds is 5. The number of methoxy groups -OCH3 is 1. The second-order valence-electron chi connectivity index (χ2n) is 6.35. The minimum absolute atomic E-state index is 0.0885. The molecule has 8 nitrogen and oxygen atoms in total. The van der Waals surface area contributed by atoms with Crippen LogP contribution in [0.3, 0.4) is 0 Å². The molecule has 1 aromatic heterocycles. The third-order valence-electron chi connectivity index (χ3n) is 4.54. The zero-order valence-electron chi connectivity index (χ0n) is 15.6. The fourth-order valence-corrected chi connectivity index (χ4v) is 3.49. The van der Waals surface area contributed by atoms with Crippen molar-refractivity contribution < 1.29 is 14.3 Å². The van der Waals surface area contributed by atoms with E-state index in [2.05, 4.69) is 15.3 Å². The standard InChI is InChI=1S/C18H21Cl2N5O3/c1-23-11-12(18(22-23)28-2)17(27)21-10-15(26)25-8-6-24(7-9-25)14-5-3-4-13(19)16(14)20/h3-5,11H,6-10H2,1-2H3,(H,21,27). The van der Waals surface area contributed by atoms with E-state index in [9.17, 15) is 9.59 Å². The molecule has 1 aliphatic heterocycles. The number of benzene rings is 1. The first-order valence-corrected chi connectivity index (χ1v) is 9.49. The van der Waals surface area contributed by atoms with Crippen molar-refractivity contribution in [1.29, 1.82) is 0 Å². The molecule has 0 atom stereocenters. The van der Waals surface area contributed by atoms with Crippen molar-refractivity contribution in [2.45, 2.75) is 0 Å². The number of carbonyl (C=O) groups excluding carboxylic acids is 2. The Kier molecular flexibility index (Phi) is 6.31. The first-order chi connectivity index (χ1) is 13.4. The Morgan fingerprint density at radius 2 is 1.93 bits per heavy atom. The zero-order valence-corrected chi connectivity index (χ0v) is 17.1. The molecule has 0 spiro atoms. The van der Waals surface area contributed by atoms with Crippen molar-refractivity contribution in [1.82, 2.24) is 20.0 Å². The van der Waals surface area contributed by atoms with Crippen LogP contribution in [-0.2, 0) is 11.8 Å². The third kappa shape index (κ3) is 4.34. The molecule has 0 aliphatic carbocycles. The van der Waals surface area contributed by atoms with Crippen LogP contribution in [0.4, 0.5) is 5.69 Å². The lowest BCUT2D eigenvalue weighted by atomic mass is 10.2. The van der Waals surface area contributed by atoms with E-state index in [1.54, 1.807) is 24.2 Å². The molecule has 1 N–H and O–H groups in total. The number of piperazine rings is 1. The molecule has 0 bridgehead atoms. The predicted octanol–water partition coefficient (Wildman–Crippen LogP) is 1.81.